The van der Waals surface area contributed by atoms with Gasteiger partial charge >= 0.3 is 11.7 Å². The number of fused-ring (bicyclic) bond motifs is 1. The van der Waals surface area contributed by atoms with Gasteiger partial charge in [-0.1, -0.05) is 54.1 Å². The largest absolute Gasteiger partial charge is 0.457 e. The zero-order valence-electron chi connectivity index (χ0n) is 17.9. The van der Waals surface area contributed by atoms with Crippen molar-refractivity contribution in [3.8, 4) is 0 Å². The molecule has 0 bridgehead atoms. The number of hydrogen-bond donors (Lipinski definition) is 1. The Bertz CT molecular complexity index is 1340. The van der Waals surface area contributed by atoms with Crippen molar-refractivity contribution >= 4 is 23.4 Å². The standard InChI is InChI=1S/C24H22ClN3O4/c1-14-18(23(30)32-13-15-7-5-4-6-8-15)19(16-9-11-17(25)12-10-16)20-21(26-14)27(2)24(31)28(3)22(20)29/h4-12,19,26H,13H2,1-3H3/t19-/m0/s1. The fourth-order valence-electron chi connectivity index (χ4n) is 3.95. The van der Waals surface area contributed by atoms with E-state index in [9.17, 15) is 14.4 Å². The third kappa shape index (κ3) is 3.76. The second-order valence-corrected chi connectivity index (χ2v) is 8.11. The molecule has 32 heavy (non-hydrogen) atoms. The number of carbonyl (C=O) groups is 1. The van der Waals surface area contributed by atoms with Crippen molar-refractivity contribution in [1.29, 1.82) is 0 Å². The van der Waals surface area contributed by atoms with Crippen LogP contribution in [0.25, 0.3) is 0 Å². The van der Waals surface area contributed by atoms with E-state index in [0.29, 0.717) is 33.2 Å². The van der Waals surface area contributed by atoms with Gasteiger partial charge < -0.3 is 10.1 Å². The molecule has 0 unspecified atom stereocenters. The van der Waals surface area contributed by atoms with E-state index in [1.54, 1.807) is 38.2 Å². The van der Waals surface area contributed by atoms with Crippen LogP contribution in [0.15, 0.2) is 75.5 Å². The molecule has 3 aromatic rings. The van der Waals surface area contributed by atoms with E-state index in [0.717, 1.165) is 10.1 Å². The molecule has 0 spiro atoms. The summed E-state index contributed by atoms with van der Waals surface area (Å²) in [7, 11) is 3.00. The van der Waals surface area contributed by atoms with E-state index in [-0.39, 0.29) is 6.61 Å². The minimum Gasteiger partial charge on any atom is -0.457 e. The molecule has 1 aliphatic rings. The molecule has 0 saturated heterocycles. The summed E-state index contributed by atoms with van der Waals surface area (Å²) in [6.45, 7) is 1.83. The summed E-state index contributed by atoms with van der Waals surface area (Å²) in [6, 6.07) is 16.3. The third-order valence-corrected chi connectivity index (χ3v) is 5.87. The zero-order chi connectivity index (χ0) is 23.0. The van der Waals surface area contributed by atoms with Crippen molar-refractivity contribution in [3.63, 3.8) is 0 Å². The Balaban J connectivity index is 1.86. The molecule has 1 aliphatic heterocycles. The smallest absolute Gasteiger partial charge is 0.337 e. The van der Waals surface area contributed by atoms with Crippen LogP contribution in [0.1, 0.15) is 29.5 Å². The molecule has 7 nitrogen and oxygen atoms in total. The number of rotatable bonds is 4. The maximum atomic E-state index is 13.3. The molecule has 1 atom stereocenters. The van der Waals surface area contributed by atoms with E-state index >= 15 is 0 Å². The summed E-state index contributed by atoms with van der Waals surface area (Å²) in [5, 5.41) is 3.61. The van der Waals surface area contributed by atoms with Gasteiger partial charge in [-0.15, -0.1) is 0 Å². The first-order valence-electron chi connectivity index (χ1n) is 10.0. The fourth-order valence-corrected chi connectivity index (χ4v) is 4.07. The molecule has 8 heteroatoms. The highest BCUT2D eigenvalue weighted by Crippen LogP contribution is 2.40. The fraction of sp³-hybridized carbons (Fsp3) is 0.208. The van der Waals surface area contributed by atoms with Crippen molar-refractivity contribution in [2.75, 3.05) is 5.32 Å². The molecule has 2 aromatic carbocycles. The van der Waals surface area contributed by atoms with Gasteiger partial charge in [0.1, 0.15) is 12.4 Å². The first-order chi connectivity index (χ1) is 15.3. The Morgan fingerprint density at radius 2 is 1.69 bits per heavy atom. The summed E-state index contributed by atoms with van der Waals surface area (Å²) in [4.78, 5) is 39.0. The van der Waals surface area contributed by atoms with Crippen LogP contribution >= 0.6 is 11.6 Å². The molecule has 0 aliphatic carbocycles. The SMILES string of the molecule is CC1=C(C(=O)OCc2ccccc2)[C@H](c2ccc(Cl)cc2)c2c(n(C)c(=O)n(C)c2=O)N1. The lowest BCUT2D eigenvalue weighted by Gasteiger charge is -2.30. The van der Waals surface area contributed by atoms with E-state index in [1.807, 2.05) is 30.3 Å². The Kier molecular flexibility index (Phi) is 5.76. The summed E-state index contributed by atoms with van der Waals surface area (Å²) in [5.74, 6) is -0.909. The monoisotopic (exact) mass is 451 g/mol. The van der Waals surface area contributed by atoms with Gasteiger partial charge in [-0.3, -0.25) is 13.9 Å². The van der Waals surface area contributed by atoms with Crippen molar-refractivity contribution in [1.82, 2.24) is 9.13 Å². The number of halogens is 1. The number of hydrogen-bond acceptors (Lipinski definition) is 5. The third-order valence-electron chi connectivity index (χ3n) is 5.62. The van der Waals surface area contributed by atoms with Crippen LogP contribution in [0.3, 0.4) is 0 Å². The predicted molar refractivity (Wildman–Crippen MR) is 123 cm³/mol. The first-order valence-corrected chi connectivity index (χ1v) is 10.4. The van der Waals surface area contributed by atoms with Gasteiger partial charge in [0.2, 0.25) is 0 Å². The van der Waals surface area contributed by atoms with Crippen LogP contribution in [-0.2, 0) is 30.2 Å². The van der Waals surface area contributed by atoms with Crippen molar-refractivity contribution in [2.45, 2.75) is 19.4 Å². The molecule has 164 valence electrons. The van der Waals surface area contributed by atoms with Crippen molar-refractivity contribution < 1.29 is 9.53 Å². The van der Waals surface area contributed by atoms with Gasteiger partial charge in [-0.05, 0) is 30.2 Å². The lowest BCUT2D eigenvalue weighted by molar-refractivity contribution is -0.140. The lowest BCUT2D eigenvalue weighted by Crippen LogP contribution is -2.43. The van der Waals surface area contributed by atoms with E-state index in [4.69, 9.17) is 16.3 Å². The Labute approximate surface area is 189 Å². The van der Waals surface area contributed by atoms with Crippen molar-refractivity contribution in [2.24, 2.45) is 14.1 Å². The molecule has 0 saturated carbocycles. The van der Waals surface area contributed by atoms with Crippen LogP contribution in [-0.4, -0.2) is 15.1 Å². The molecule has 1 N–H and O–H groups in total. The Morgan fingerprint density at radius 3 is 2.34 bits per heavy atom. The van der Waals surface area contributed by atoms with Gasteiger partial charge in [-0.25, -0.2) is 9.59 Å². The number of benzene rings is 2. The highest BCUT2D eigenvalue weighted by Gasteiger charge is 2.37. The Morgan fingerprint density at radius 1 is 1.03 bits per heavy atom. The van der Waals surface area contributed by atoms with Crippen LogP contribution in [0.4, 0.5) is 5.82 Å². The highest BCUT2D eigenvalue weighted by molar-refractivity contribution is 6.30. The average molecular weight is 452 g/mol. The quantitative estimate of drug-likeness (QED) is 0.615. The van der Waals surface area contributed by atoms with Crippen molar-refractivity contribution in [3.05, 3.63) is 108 Å². The number of esters is 1. The summed E-state index contributed by atoms with van der Waals surface area (Å²) >= 11 is 6.07. The summed E-state index contributed by atoms with van der Waals surface area (Å²) in [6.07, 6.45) is 0. The van der Waals surface area contributed by atoms with E-state index < -0.39 is 23.1 Å². The van der Waals surface area contributed by atoms with Gasteiger partial charge in [0, 0.05) is 24.8 Å². The summed E-state index contributed by atoms with van der Waals surface area (Å²) in [5.41, 5.74) is 1.73. The average Bonchev–Trinajstić information content (AvgIpc) is 2.80. The molecular weight excluding hydrogens is 430 g/mol. The lowest BCUT2D eigenvalue weighted by atomic mass is 9.82. The van der Waals surface area contributed by atoms with Crippen LogP contribution in [0, 0.1) is 0 Å². The number of aromatic nitrogens is 2. The first kappa shape index (κ1) is 21.6. The Hall–Kier alpha value is -3.58. The minimum atomic E-state index is -0.725. The van der Waals surface area contributed by atoms with E-state index in [2.05, 4.69) is 5.32 Å². The number of allylic oxidation sites excluding steroid dienone is 1. The van der Waals surface area contributed by atoms with Gasteiger partial charge in [-0.2, -0.15) is 0 Å². The maximum Gasteiger partial charge on any atom is 0.337 e. The van der Waals surface area contributed by atoms with Gasteiger partial charge in [0.05, 0.1) is 17.1 Å². The van der Waals surface area contributed by atoms with Crippen LogP contribution in [0.5, 0.6) is 0 Å². The highest BCUT2D eigenvalue weighted by atomic mass is 35.5. The number of ether oxygens (including phenoxy) is 1. The summed E-state index contributed by atoms with van der Waals surface area (Å²) < 4.78 is 8.02. The van der Waals surface area contributed by atoms with Gasteiger partial charge in [0.25, 0.3) is 5.56 Å². The second kappa shape index (κ2) is 8.51. The molecule has 0 radical (unpaired) electrons. The number of nitrogens with one attached hydrogen (secondary N) is 1. The molecule has 0 amide bonds. The number of anilines is 1. The normalized spacial score (nSPS) is 15.2. The second-order valence-electron chi connectivity index (χ2n) is 7.68. The maximum absolute atomic E-state index is 13.3. The zero-order valence-corrected chi connectivity index (χ0v) is 18.6. The van der Waals surface area contributed by atoms with E-state index in [1.165, 1.54) is 11.6 Å². The van der Waals surface area contributed by atoms with Crippen LogP contribution < -0.4 is 16.6 Å². The molecule has 0 fully saturated rings. The molecule has 2 heterocycles. The predicted octanol–water partition coefficient (Wildman–Crippen LogP) is 3.31. The molecular formula is C24H22ClN3O4. The number of nitrogens with zero attached hydrogens (tertiary/aromatic N) is 2. The topological polar surface area (TPSA) is 82.3 Å². The molecule has 1 aromatic heterocycles. The minimum absolute atomic E-state index is 0.0991. The number of carbonyl (C=O) groups excluding carboxylic acids is 1. The van der Waals surface area contributed by atoms with Crippen LogP contribution in [0.2, 0.25) is 5.02 Å². The molecule has 4 rings (SSSR count). The van der Waals surface area contributed by atoms with Gasteiger partial charge in [0.15, 0.2) is 0 Å².